The number of hydrogen-bond acceptors (Lipinski definition) is 4. The SMILES string of the molecule is CN(CC(C)(C)CN)S(=O)(=O)c1cn2c(n1)CCCC2. The second kappa shape index (κ2) is 5.46. The van der Waals surface area contributed by atoms with Crippen molar-refractivity contribution in [2.75, 3.05) is 20.1 Å². The molecular formula is C13H24N4O2S. The normalized spacial score (nSPS) is 16.4. The summed E-state index contributed by atoms with van der Waals surface area (Å²) in [5, 5.41) is 0.157. The van der Waals surface area contributed by atoms with Crippen LogP contribution in [0.2, 0.25) is 0 Å². The Morgan fingerprint density at radius 2 is 2.15 bits per heavy atom. The van der Waals surface area contributed by atoms with Crippen molar-refractivity contribution in [3.63, 3.8) is 0 Å². The van der Waals surface area contributed by atoms with Crippen molar-refractivity contribution in [3.05, 3.63) is 12.0 Å². The Labute approximate surface area is 121 Å². The first kappa shape index (κ1) is 15.5. The molecule has 7 heteroatoms. The molecule has 0 aromatic carbocycles. The summed E-state index contributed by atoms with van der Waals surface area (Å²) in [7, 11) is -1.94. The minimum absolute atomic E-state index is 0.157. The van der Waals surface area contributed by atoms with Crippen molar-refractivity contribution in [3.8, 4) is 0 Å². The van der Waals surface area contributed by atoms with Crippen LogP contribution >= 0.6 is 0 Å². The van der Waals surface area contributed by atoms with Gasteiger partial charge in [-0.2, -0.15) is 4.31 Å². The standard InChI is InChI=1S/C13H24N4O2S/c1-13(2,9-14)10-16(3)20(18,19)12-8-17-7-5-4-6-11(17)15-12/h8H,4-7,9-10,14H2,1-3H3. The molecule has 0 radical (unpaired) electrons. The predicted molar refractivity (Wildman–Crippen MR) is 77.8 cm³/mol. The third-order valence-corrected chi connectivity index (χ3v) is 5.44. The van der Waals surface area contributed by atoms with Gasteiger partial charge in [-0.25, -0.2) is 13.4 Å². The van der Waals surface area contributed by atoms with Gasteiger partial charge in [0.2, 0.25) is 0 Å². The smallest absolute Gasteiger partial charge is 0.261 e. The van der Waals surface area contributed by atoms with Crippen LogP contribution in [0.15, 0.2) is 11.2 Å². The molecule has 2 rings (SSSR count). The molecule has 0 saturated carbocycles. The molecule has 1 aliphatic heterocycles. The molecule has 114 valence electrons. The number of sulfonamides is 1. The Bertz CT molecular complexity index is 554. The molecule has 1 aromatic rings. The van der Waals surface area contributed by atoms with Crippen LogP contribution in [0.1, 0.15) is 32.5 Å². The summed E-state index contributed by atoms with van der Waals surface area (Å²) in [6.07, 6.45) is 4.68. The molecule has 0 amide bonds. The van der Waals surface area contributed by atoms with Crippen molar-refractivity contribution < 1.29 is 8.42 Å². The minimum atomic E-state index is -3.53. The van der Waals surface area contributed by atoms with E-state index in [1.165, 1.54) is 4.31 Å². The van der Waals surface area contributed by atoms with Crippen LogP contribution in [0.4, 0.5) is 0 Å². The first-order chi connectivity index (χ1) is 9.26. The second-order valence-electron chi connectivity index (χ2n) is 6.28. The Morgan fingerprint density at radius 3 is 2.75 bits per heavy atom. The molecule has 0 atom stereocenters. The summed E-state index contributed by atoms with van der Waals surface area (Å²) in [6.45, 7) is 5.59. The van der Waals surface area contributed by atoms with E-state index in [9.17, 15) is 8.42 Å². The Hall–Kier alpha value is -0.920. The molecule has 0 bridgehead atoms. The molecule has 0 aliphatic carbocycles. The first-order valence-electron chi connectivity index (χ1n) is 6.99. The number of nitrogens with two attached hydrogens (primary N) is 1. The molecular weight excluding hydrogens is 276 g/mol. The maximum atomic E-state index is 12.6. The van der Waals surface area contributed by atoms with E-state index < -0.39 is 10.0 Å². The van der Waals surface area contributed by atoms with Gasteiger partial charge in [0.05, 0.1) is 0 Å². The topological polar surface area (TPSA) is 81.2 Å². The van der Waals surface area contributed by atoms with Crippen LogP contribution in [0, 0.1) is 5.41 Å². The number of fused-ring (bicyclic) bond motifs is 1. The van der Waals surface area contributed by atoms with Gasteiger partial charge in [-0.3, -0.25) is 0 Å². The Balaban J connectivity index is 2.23. The van der Waals surface area contributed by atoms with E-state index in [1.54, 1.807) is 13.2 Å². The molecule has 0 unspecified atom stereocenters. The third kappa shape index (κ3) is 3.05. The summed E-state index contributed by atoms with van der Waals surface area (Å²) < 4.78 is 28.4. The predicted octanol–water partition coefficient (Wildman–Crippen LogP) is 0.825. The van der Waals surface area contributed by atoms with Gasteiger partial charge in [0.15, 0.2) is 5.03 Å². The number of hydrogen-bond donors (Lipinski definition) is 1. The number of rotatable bonds is 5. The van der Waals surface area contributed by atoms with Crippen molar-refractivity contribution in [1.29, 1.82) is 0 Å². The maximum Gasteiger partial charge on any atom is 0.261 e. The quantitative estimate of drug-likeness (QED) is 0.873. The first-order valence-corrected chi connectivity index (χ1v) is 8.43. The average molecular weight is 300 g/mol. The molecule has 0 spiro atoms. The number of imidazole rings is 1. The van der Waals surface area contributed by atoms with E-state index in [-0.39, 0.29) is 10.4 Å². The van der Waals surface area contributed by atoms with Crippen LogP contribution in [-0.4, -0.2) is 42.4 Å². The van der Waals surface area contributed by atoms with Gasteiger partial charge in [-0.15, -0.1) is 0 Å². The van der Waals surface area contributed by atoms with Crippen molar-refractivity contribution >= 4 is 10.0 Å². The lowest BCUT2D eigenvalue weighted by molar-refractivity contribution is 0.291. The fourth-order valence-corrected chi connectivity index (χ4v) is 3.74. The van der Waals surface area contributed by atoms with E-state index >= 15 is 0 Å². The van der Waals surface area contributed by atoms with Gasteiger partial charge >= 0.3 is 0 Å². The molecule has 20 heavy (non-hydrogen) atoms. The second-order valence-corrected chi connectivity index (χ2v) is 8.27. The van der Waals surface area contributed by atoms with Crippen molar-refractivity contribution in [2.45, 2.75) is 44.7 Å². The van der Waals surface area contributed by atoms with Crippen LogP contribution in [0.3, 0.4) is 0 Å². The maximum absolute atomic E-state index is 12.6. The fraction of sp³-hybridized carbons (Fsp3) is 0.769. The summed E-state index contributed by atoms with van der Waals surface area (Å²) >= 11 is 0. The lowest BCUT2D eigenvalue weighted by Crippen LogP contribution is -2.39. The molecule has 0 fully saturated rings. The minimum Gasteiger partial charge on any atom is -0.333 e. The zero-order chi connectivity index (χ0) is 15.0. The largest absolute Gasteiger partial charge is 0.333 e. The zero-order valence-electron chi connectivity index (χ0n) is 12.5. The average Bonchev–Trinajstić information content (AvgIpc) is 2.82. The van der Waals surface area contributed by atoms with Crippen LogP contribution in [-0.2, 0) is 23.0 Å². The highest BCUT2D eigenvalue weighted by Crippen LogP contribution is 2.22. The summed E-state index contributed by atoms with van der Waals surface area (Å²) in [6, 6.07) is 0. The zero-order valence-corrected chi connectivity index (χ0v) is 13.3. The van der Waals surface area contributed by atoms with Crippen molar-refractivity contribution in [2.24, 2.45) is 11.1 Å². The fourth-order valence-electron chi connectivity index (χ4n) is 2.42. The van der Waals surface area contributed by atoms with Gasteiger partial charge < -0.3 is 10.3 Å². The number of aromatic nitrogens is 2. The molecule has 2 heterocycles. The van der Waals surface area contributed by atoms with Gasteiger partial charge in [0.25, 0.3) is 10.0 Å². The van der Waals surface area contributed by atoms with Gasteiger partial charge in [0.1, 0.15) is 5.82 Å². The van der Waals surface area contributed by atoms with E-state index in [0.29, 0.717) is 13.1 Å². The highest BCUT2D eigenvalue weighted by atomic mass is 32.2. The Morgan fingerprint density at radius 1 is 1.45 bits per heavy atom. The highest BCUT2D eigenvalue weighted by Gasteiger charge is 2.30. The van der Waals surface area contributed by atoms with E-state index in [4.69, 9.17) is 5.73 Å². The summed E-state index contributed by atoms with van der Waals surface area (Å²) in [5.41, 5.74) is 5.43. The third-order valence-electron chi connectivity index (χ3n) is 3.76. The van der Waals surface area contributed by atoms with Gasteiger partial charge in [-0.05, 0) is 24.8 Å². The lowest BCUT2D eigenvalue weighted by Gasteiger charge is -2.27. The highest BCUT2D eigenvalue weighted by molar-refractivity contribution is 7.89. The molecule has 6 nitrogen and oxygen atoms in total. The van der Waals surface area contributed by atoms with Crippen LogP contribution in [0.5, 0.6) is 0 Å². The van der Waals surface area contributed by atoms with Crippen LogP contribution in [0.25, 0.3) is 0 Å². The molecule has 1 aliphatic rings. The monoisotopic (exact) mass is 300 g/mol. The Kier molecular flexibility index (Phi) is 4.22. The van der Waals surface area contributed by atoms with E-state index in [0.717, 1.165) is 31.6 Å². The van der Waals surface area contributed by atoms with Crippen LogP contribution < -0.4 is 5.73 Å². The molecule has 2 N–H and O–H groups in total. The van der Waals surface area contributed by atoms with Gasteiger partial charge in [-0.1, -0.05) is 13.8 Å². The lowest BCUT2D eigenvalue weighted by atomic mass is 9.94. The summed E-state index contributed by atoms with van der Waals surface area (Å²) in [4.78, 5) is 4.30. The number of nitrogens with zero attached hydrogens (tertiary/aromatic N) is 3. The van der Waals surface area contributed by atoms with Gasteiger partial charge in [0, 0.05) is 32.8 Å². The van der Waals surface area contributed by atoms with E-state index in [2.05, 4.69) is 4.98 Å². The van der Waals surface area contributed by atoms with Crippen molar-refractivity contribution in [1.82, 2.24) is 13.9 Å². The van der Waals surface area contributed by atoms with E-state index in [1.807, 2.05) is 18.4 Å². The summed E-state index contributed by atoms with van der Waals surface area (Å²) in [5.74, 6) is 0.876. The number of aryl methyl sites for hydroxylation is 2. The molecule has 1 aromatic heterocycles. The molecule has 0 saturated heterocycles.